The van der Waals surface area contributed by atoms with E-state index in [-0.39, 0.29) is 24.6 Å². The van der Waals surface area contributed by atoms with Gasteiger partial charge in [-0.3, -0.25) is 9.10 Å². The Morgan fingerprint density at radius 2 is 1.65 bits per heavy atom. The van der Waals surface area contributed by atoms with Crippen LogP contribution < -0.4 is 14.4 Å². The molecule has 8 heteroatoms. The van der Waals surface area contributed by atoms with Gasteiger partial charge in [-0.1, -0.05) is 53.1 Å². The molecule has 3 rings (SSSR count). The number of nitrogens with zero attached hydrogens (tertiary/aromatic N) is 1. The minimum atomic E-state index is -4.01. The summed E-state index contributed by atoms with van der Waals surface area (Å²) >= 11 is 6.26. The summed E-state index contributed by atoms with van der Waals surface area (Å²) in [5.41, 5.74) is 4.02. The fraction of sp³-hybridized carbons (Fsp3) is 0.269. The summed E-state index contributed by atoms with van der Waals surface area (Å²) in [4.78, 5) is 12.9. The van der Waals surface area contributed by atoms with Crippen LogP contribution in [0.15, 0.2) is 65.6 Å². The van der Waals surface area contributed by atoms with Gasteiger partial charge in [-0.25, -0.2) is 8.42 Å². The molecule has 0 saturated heterocycles. The smallest absolute Gasteiger partial charge is 0.264 e. The highest BCUT2D eigenvalue weighted by Crippen LogP contribution is 2.30. The molecule has 6 nitrogen and oxygen atoms in total. The molecular weight excluding hydrogens is 472 g/mol. The van der Waals surface area contributed by atoms with Crippen LogP contribution in [0.1, 0.15) is 22.3 Å². The van der Waals surface area contributed by atoms with Crippen molar-refractivity contribution in [2.75, 3.05) is 24.0 Å². The van der Waals surface area contributed by atoms with Crippen molar-refractivity contribution in [1.82, 2.24) is 5.32 Å². The van der Waals surface area contributed by atoms with Crippen LogP contribution >= 0.6 is 11.6 Å². The minimum Gasteiger partial charge on any atom is -0.491 e. The summed E-state index contributed by atoms with van der Waals surface area (Å²) in [6.45, 7) is 7.68. The van der Waals surface area contributed by atoms with E-state index >= 15 is 0 Å². The molecule has 0 bridgehead atoms. The number of anilines is 1. The van der Waals surface area contributed by atoms with Gasteiger partial charge >= 0.3 is 0 Å². The number of halogens is 1. The number of benzene rings is 3. The minimum absolute atomic E-state index is 0.100. The number of amides is 1. The number of carbonyl (C=O) groups is 1. The Balaban J connectivity index is 1.75. The molecule has 34 heavy (non-hydrogen) atoms. The average Bonchev–Trinajstić information content (AvgIpc) is 2.78. The Kier molecular flexibility index (Phi) is 8.23. The van der Waals surface area contributed by atoms with Gasteiger partial charge in [0.15, 0.2) is 0 Å². The fourth-order valence-electron chi connectivity index (χ4n) is 3.50. The lowest BCUT2D eigenvalue weighted by Gasteiger charge is -2.26. The van der Waals surface area contributed by atoms with Crippen LogP contribution in [-0.4, -0.2) is 34.0 Å². The molecule has 0 aliphatic rings. The Labute approximate surface area is 206 Å². The highest BCUT2D eigenvalue weighted by Gasteiger charge is 2.28. The van der Waals surface area contributed by atoms with Crippen LogP contribution in [-0.2, 0) is 14.8 Å². The summed E-state index contributed by atoms with van der Waals surface area (Å²) in [6.07, 6.45) is 0. The van der Waals surface area contributed by atoms with Crippen molar-refractivity contribution in [2.24, 2.45) is 0 Å². The Morgan fingerprint density at radius 3 is 2.32 bits per heavy atom. The van der Waals surface area contributed by atoms with E-state index in [0.29, 0.717) is 16.3 Å². The molecule has 1 amide bonds. The van der Waals surface area contributed by atoms with Crippen molar-refractivity contribution in [2.45, 2.75) is 32.6 Å². The van der Waals surface area contributed by atoms with Crippen molar-refractivity contribution in [3.8, 4) is 5.75 Å². The predicted octanol–water partition coefficient (Wildman–Crippen LogP) is 4.96. The van der Waals surface area contributed by atoms with Crippen LogP contribution in [0.2, 0.25) is 5.02 Å². The molecule has 0 spiro atoms. The molecule has 3 aromatic rings. The van der Waals surface area contributed by atoms with Crippen molar-refractivity contribution in [3.63, 3.8) is 0 Å². The lowest BCUT2D eigenvalue weighted by Crippen LogP contribution is -2.42. The fourth-order valence-corrected chi connectivity index (χ4v) is 5.15. The monoisotopic (exact) mass is 500 g/mol. The van der Waals surface area contributed by atoms with Crippen LogP contribution in [0.5, 0.6) is 5.75 Å². The lowest BCUT2D eigenvalue weighted by atomic mass is 10.1. The summed E-state index contributed by atoms with van der Waals surface area (Å²) in [5, 5.41) is 3.17. The number of hydrogen-bond acceptors (Lipinski definition) is 4. The second-order valence-electron chi connectivity index (χ2n) is 8.18. The van der Waals surface area contributed by atoms with Gasteiger partial charge in [0.25, 0.3) is 10.0 Å². The molecule has 0 atom stereocenters. The largest absolute Gasteiger partial charge is 0.491 e. The van der Waals surface area contributed by atoms with Crippen molar-refractivity contribution < 1.29 is 17.9 Å². The second-order valence-corrected chi connectivity index (χ2v) is 10.4. The lowest BCUT2D eigenvalue weighted by molar-refractivity contribution is -0.119. The number of ether oxygens (including phenoxy) is 1. The molecule has 3 aromatic carbocycles. The van der Waals surface area contributed by atoms with E-state index < -0.39 is 15.9 Å². The van der Waals surface area contributed by atoms with E-state index in [4.69, 9.17) is 16.3 Å². The summed E-state index contributed by atoms with van der Waals surface area (Å²) in [7, 11) is -4.01. The van der Waals surface area contributed by atoms with Gasteiger partial charge in [-0.2, -0.15) is 0 Å². The number of sulfonamides is 1. The quantitative estimate of drug-likeness (QED) is 0.421. The summed E-state index contributed by atoms with van der Waals surface area (Å²) in [6, 6.07) is 17.4. The van der Waals surface area contributed by atoms with Crippen molar-refractivity contribution in [1.29, 1.82) is 0 Å². The van der Waals surface area contributed by atoms with Crippen LogP contribution in [0.4, 0.5) is 5.69 Å². The maximum absolute atomic E-state index is 13.5. The van der Waals surface area contributed by atoms with Gasteiger partial charge in [-0.05, 0) is 69.2 Å². The molecule has 0 radical (unpaired) electrons. The van der Waals surface area contributed by atoms with Crippen LogP contribution in [0.25, 0.3) is 0 Å². The molecule has 0 aliphatic heterocycles. The zero-order chi connectivity index (χ0) is 24.9. The van der Waals surface area contributed by atoms with E-state index in [0.717, 1.165) is 26.7 Å². The molecule has 180 valence electrons. The first-order chi connectivity index (χ1) is 16.1. The topological polar surface area (TPSA) is 75.7 Å². The zero-order valence-electron chi connectivity index (χ0n) is 19.8. The Morgan fingerprint density at radius 1 is 0.971 bits per heavy atom. The maximum atomic E-state index is 13.5. The maximum Gasteiger partial charge on any atom is 0.264 e. The summed E-state index contributed by atoms with van der Waals surface area (Å²) in [5.74, 6) is 0.303. The zero-order valence-corrected chi connectivity index (χ0v) is 21.3. The van der Waals surface area contributed by atoms with Gasteiger partial charge in [0.1, 0.15) is 18.9 Å². The first-order valence-corrected chi connectivity index (χ1v) is 12.7. The average molecular weight is 501 g/mol. The van der Waals surface area contributed by atoms with Gasteiger partial charge in [0.05, 0.1) is 17.1 Å². The van der Waals surface area contributed by atoms with Crippen molar-refractivity contribution >= 4 is 33.2 Å². The van der Waals surface area contributed by atoms with Gasteiger partial charge in [0, 0.05) is 5.02 Å². The van der Waals surface area contributed by atoms with E-state index in [1.165, 1.54) is 12.1 Å². The molecule has 0 saturated carbocycles. The van der Waals surface area contributed by atoms with Crippen molar-refractivity contribution in [3.05, 3.63) is 87.9 Å². The number of nitrogens with one attached hydrogen (secondary N) is 1. The normalized spacial score (nSPS) is 11.2. The Hall–Kier alpha value is -3.03. The molecular formula is C26H29ClN2O4S. The molecule has 0 fully saturated rings. The van der Waals surface area contributed by atoms with Gasteiger partial charge in [0.2, 0.25) is 5.91 Å². The molecule has 0 heterocycles. The number of aryl methyl sites for hydroxylation is 3. The third-order valence-electron chi connectivity index (χ3n) is 5.42. The molecule has 1 N–H and O–H groups in total. The van der Waals surface area contributed by atoms with E-state index in [9.17, 15) is 13.2 Å². The second kappa shape index (κ2) is 10.9. The van der Waals surface area contributed by atoms with E-state index in [1.54, 1.807) is 37.3 Å². The highest BCUT2D eigenvalue weighted by atomic mass is 35.5. The van der Waals surface area contributed by atoms with Gasteiger partial charge in [-0.15, -0.1) is 0 Å². The summed E-state index contributed by atoms with van der Waals surface area (Å²) < 4.78 is 33.8. The van der Waals surface area contributed by atoms with E-state index in [1.807, 2.05) is 39.0 Å². The first kappa shape index (κ1) is 25.6. The highest BCUT2D eigenvalue weighted by molar-refractivity contribution is 7.92. The third kappa shape index (κ3) is 6.10. The molecule has 0 aromatic heterocycles. The standard InChI is InChI=1S/C26H29ClN2O4S/c1-18-8-11-22(12-9-18)34(31,32)29(24-7-5-6-23(27)21(24)4)17-26(30)28-14-15-33-25-13-10-19(2)16-20(25)3/h5-13,16H,14-15,17H2,1-4H3,(H,28,30). The molecule has 0 aliphatic carbocycles. The van der Waals surface area contributed by atoms with Crippen LogP contribution in [0, 0.1) is 27.7 Å². The first-order valence-electron chi connectivity index (χ1n) is 10.9. The molecule has 0 unspecified atom stereocenters. The van der Waals surface area contributed by atoms with E-state index in [2.05, 4.69) is 5.32 Å². The third-order valence-corrected chi connectivity index (χ3v) is 7.60. The Bertz CT molecular complexity index is 1270. The number of rotatable bonds is 9. The number of hydrogen-bond donors (Lipinski definition) is 1. The van der Waals surface area contributed by atoms with Gasteiger partial charge < -0.3 is 10.1 Å². The SMILES string of the molecule is Cc1ccc(S(=O)(=O)N(CC(=O)NCCOc2ccc(C)cc2C)c2cccc(Cl)c2C)cc1. The number of carbonyl (C=O) groups excluding carboxylic acids is 1. The van der Waals surface area contributed by atoms with Crippen LogP contribution in [0.3, 0.4) is 0 Å². The predicted molar refractivity (Wildman–Crippen MR) is 136 cm³/mol.